The average molecular weight is 296 g/mol. The van der Waals surface area contributed by atoms with Crippen LogP contribution in [0.5, 0.6) is 0 Å². The van der Waals surface area contributed by atoms with Gasteiger partial charge < -0.3 is 10.1 Å². The summed E-state index contributed by atoms with van der Waals surface area (Å²) in [5.74, 6) is 1.81. The van der Waals surface area contributed by atoms with Gasteiger partial charge in [-0.2, -0.15) is 0 Å². The maximum Gasteiger partial charge on any atom is 0.0833 e. The lowest BCUT2D eigenvalue weighted by Gasteiger charge is -2.46. The van der Waals surface area contributed by atoms with Gasteiger partial charge in [0.2, 0.25) is 0 Å². The summed E-state index contributed by atoms with van der Waals surface area (Å²) < 4.78 is 6.22. The highest BCUT2D eigenvalue weighted by Gasteiger charge is 2.43. The first-order valence-corrected chi connectivity index (χ1v) is 9.54. The van der Waals surface area contributed by atoms with Crippen LogP contribution in [0.1, 0.15) is 84.5 Å². The van der Waals surface area contributed by atoms with Gasteiger partial charge in [0.05, 0.1) is 5.60 Å². The Kier molecular flexibility index (Phi) is 7.01. The van der Waals surface area contributed by atoms with Crippen molar-refractivity contribution < 1.29 is 4.74 Å². The predicted molar refractivity (Wildman–Crippen MR) is 90.6 cm³/mol. The van der Waals surface area contributed by atoms with Crippen LogP contribution in [-0.4, -0.2) is 25.3 Å². The summed E-state index contributed by atoms with van der Waals surface area (Å²) in [5, 5.41) is 3.85. The molecule has 2 aliphatic carbocycles. The van der Waals surface area contributed by atoms with Crippen LogP contribution in [0.25, 0.3) is 0 Å². The van der Waals surface area contributed by atoms with Crippen LogP contribution in [0.2, 0.25) is 0 Å². The Morgan fingerprint density at radius 2 is 1.62 bits per heavy atom. The summed E-state index contributed by atoms with van der Waals surface area (Å²) in [6.45, 7) is 5.68. The van der Waals surface area contributed by atoms with E-state index in [9.17, 15) is 0 Å². The molecular weight excluding hydrogens is 258 g/mol. The molecule has 0 bridgehead atoms. The van der Waals surface area contributed by atoms with Crippen molar-refractivity contribution in [2.75, 3.05) is 13.7 Å². The minimum Gasteiger partial charge on any atom is -0.377 e. The van der Waals surface area contributed by atoms with Gasteiger partial charge in [-0.3, -0.25) is 0 Å². The van der Waals surface area contributed by atoms with Gasteiger partial charge in [-0.15, -0.1) is 0 Å². The summed E-state index contributed by atoms with van der Waals surface area (Å²) in [4.78, 5) is 0. The molecule has 0 amide bonds. The zero-order chi connectivity index (χ0) is 15.1. The van der Waals surface area contributed by atoms with Crippen LogP contribution in [0.3, 0.4) is 0 Å². The molecule has 2 saturated carbocycles. The number of hydrogen-bond donors (Lipinski definition) is 1. The Morgan fingerprint density at radius 3 is 2.10 bits per heavy atom. The third-order valence-electron chi connectivity index (χ3n) is 6.29. The quantitative estimate of drug-likeness (QED) is 0.702. The molecule has 0 radical (unpaired) electrons. The van der Waals surface area contributed by atoms with E-state index in [0.29, 0.717) is 6.04 Å². The van der Waals surface area contributed by atoms with E-state index in [-0.39, 0.29) is 5.60 Å². The first kappa shape index (κ1) is 17.3. The van der Waals surface area contributed by atoms with Crippen LogP contribution >= 0.6 is 0 Å². The second kappa shape index (κ2) is 8.53. The van der Waals surface area contributed by atoms with Crippen LogP contribution in [-0.2, 0) is 4.74 Å². The lowest BCUT2D eigenvalue weighted by Crippen LogP contribution is -2.56. The molecule has 1 N–H and O–H groups in total. The lowest BCUT2D eigenvalue weighted by molar-refractivity contribution is -0.0730. The molecule has 0 heterocycles. The maximum absolute atomic E-state index is 6.22. The number of methoxy groups -OCH3 is 1. The van der Waals surface area contributed by atoms with Gasteiger partial charge in [-0.1, -0.05) is 58.8 Å². The first-order chi connectivity index (χ1) is 10.3. The summed E-state index contributed by atoms with van der Waals surface area (Å²) in [6, 6.07) is 0.573. The molecule has 2 aliphatic rings. The van der Waals surface area contributed by atoms with Crippen LogP contribution < -0.4 is 5.32 Å². The van der Waals surface area contributed by atoms with Crippen LogP contribution in [0, 0.1) is 11.8 Å². The standard InChI is InChI=1S/C19H37NO/c1-4-16-10-12-17(13-11-16)18(20-5-2)19(21-3)14-8-6-7-9-15-19/h16-18,20H,4-15H2,1-3H3. The second-order valence-electron chi connectivity index (χ2n) is 7.41. The van der Waals surface area contributed by atoms with Crippen molar-refractivity contribution in [2.24, 2.45) is 11.8 Å². The van der Waals surface area contributed by atoms with E-state index in [1.807, 2.05) is 7.11 Å². The van der Waals surface area contributed by atoms with Crippen LogP contribution in [0.4, 0.5) is 0 Å². The SMILES string of the molecule is CCNC(C1CCC(CC)CC1)C1(OC)CCCCCC1. The Hall–Kier alpha value is -0.0800. The number of rotatable bonds is 6. The van der Waals surface area contributed by atoms with Crippen molar-refractivity contribution in [3.63, 3.8) is 0 Å². The van der Waals surface area contributed by atoms with E-state index in [1.54, 1.807) is 0 Å². The van der Waals surface area contributed by atoms with E-state index in [0.717, 1.165) is 18.4 Å². The van der Waals surface area contributed by atoms with Gasteiger partial charge in [-0.25, -0.2) is 0 Å². The Bertz CT molecular complexity index is 275. The smallest absolute Gasteiger partial charge is 0.0833 e. The minimum atomic E-state index is 0.107. The molecule has 1 unspecified atom stereocenters. The largest absolute Gasteiger partial charge is 0.377 e. The number of nitrogens with one attached hydrogen (secondary N) is 1. The van der Waals surface area contributed by atoms with Gasteiger partial charge in [-0.05, 0) is 44.1 Å². The molecule has 21 heavy (non-hydrogen) atoms. The fourth-order valence-electron chi connectivity index (χ4n) is 4.90. The van der Waals surface area contributed by atoms with Crippen molar-refractivity contribution in [1.29, 1.82) is 0 Å². The van der Waals surface area contributed by atoms with E-state index in [4.69, 9.17) is 4.74 Å². The van der Waals surface area contributed by atoms with Crippen molar-refractivity contribution >= 4 is 0 Å². The molecule has 0 saturated heterocycles. The van der Waals surface area contributed by atoms with E-state index < -0.39 is 0 Å². The molecule has 2 heteroatoms. The summed E-state index contributed by atoms with van der Waals surface area (Å²) in [5.41, 5.74) is 0.107. The second-order valence-corrected chi connectivity index (χ2v) is 7.41. The average Bonchev–Trinajstić information content (AvgIpc) is 2.79. The highest BCUT2D eigenvalue weighted by molar-refractivity contribution is 4.99. The Balaban J connectivity index is 2.08. The fourth-order valence-corrected chi connectivity index (χ4v) is 4.90. The van der Waals surface area contributed by atoms with Crippen molar-refractivity contribution in [3.8, 4) is 0 Å². The van der Waals surface area contributed by atoms with Gasteiger partial charge in [0, 0.05) is 13.2 Å². The van der Waals surface area contributed by atoms with E-state index in [2.05, 4.69) is 19.2 Å². The topological polar surface area (TPSA) is 21.3 Å². The zero-order valence-electron chi connectivity index (χ0n) is 14.6. The summed E-state index contributed by atoms with van der Waals surface area (Å²) >= 11 is 0. The molecule has 2 fully saturated rings. The van der Waals surface area contributed by atoms with Gasteiger partial charge >= 0.3 is 0 Å². The zero-order valence-corrected chi connectivity index (χ0v) is 14.6. The monoisotopic (exact) mass is 295 g/mol. The van der Waals surface area contributed by atoms with Crippen molar-refractivity contribution in [3.05, 3.63) is 0 Å². The molecule has 0 aromatic carbocycles. The number of likely N-dealkylation sites (N-methyl/N-ethyl adjacent to an activating group) is 1. The van der Waals surface area contributed by atoms with Crippen molar-refractivity contribution in [1.82, 2.24) is 5.32 Å². The van der Waals surface area contributed by atoms with E-state index >= 15 is 0 Å². The van der Waals surface area contributed by atoms with Crippen molar-refractivity contribution in [2.45, 2.75) is 96.1 Å². The predicted octanol–water partition coefficient (Wildman–Crippen LogP) is 4.92. The third-order valence-corrected chi connectivity index (χ3v) is 6.29. The molecule has 0 aliphatic heterocycles. The summed E-state index contributed by atoms with van der Waals surface area (Å²) in [6.07, 6.45) is 15.0. The molecular formula is C19H37NO. The highest BCUT2D eigenvalue weighted by atomic mass is 16.5. The number of ether oxygens (including phenoxy) is 1. The van der Waals surface area contributed by atoms with E-state index in [1.165, 1.54) is 70.6 Å². The van der Waals surface area contributed by atoms with Gasteiger partial charge in [0.25, 0.3) is 0 Å². The first-order valence-electron chi connectivity index (χ1n) is 9.54. The maximum atomic E-state index is 6.22. The van der Waals surface area contributed by atoms with Crippen LogP contribution in [0.15, 0.2) is 0 Å². The Morgan fingerprint density at radius 1 is 1.00 bits per heavy atom. The normalized spacial score (nSPS) is 31.6. The fraction of sp³-hybridized carbons (Fsp3) is 1.00. The molecule has 0 spiro atoms. The summed E-state index contributed by atoms with van der Waals surface area (Å²) in [7, 11) is 1.97. The van der Waals surface area contributed by atoms with Gasteiger partial charge in [0.15, 0.2) is 0 Å². The molecule has 2 rings (SSSR count). The molecule has 0 aromatic rings. The number of hydrogen-bond acceptors (Lipinski definition) is 2. The highest BCUT2D eigenvalue weighted by Crippen LogP contribution is 2.41. The minimum absolute atomic E-state index is 0.107. The molecule has 0 aromatic heterocycles. The van der Waals surface area contributed by atoms with Gasteiger partial charge in [0.1, 0.15) is 0 Å². The molecule has 2 nitrogen and oxygen atoms in total. The Labute approximate surface area is 132 Å². The third kappa shape index (κ3) is 4.22. The molecule has 1 atom stereocenters. The molecule has 124 valence electrons. The lowest BCUT2D eigenvalue weighted by atomic mass is 9.71.